The summed E-state index contributed by atoms with van der Waals surface area (Å²) >= 11 is 13.9. The summed E-state index contributed by atoms with van der Waals surface area (Å²) in [6.07, 6.45) is -0.243. The van der Waals surface area contributed by atoms with Gasteiger partial charge in [0.05, 0.1) is 5.02 Å². The van der Waals surface area contributed by atoms with Crippen LogP contribution in [-0.2, 0) is 0 Å². The quantitative estimate of drug-likeness (QED) is 0.628. The van der Waals surface area contributed by atoms with Gasteiger partial charge in [0.2, 0.25) is 0 Å². The highest BCUT2D eigenvalue weighted by molar-refractivity contribution is 7.21. The summed E-state index contributed by atoms with van der Waals surface area (Å²) in [6.45, 7) is 0.700. The molecule has 0 aliphatic carbocycles. The maximum Gasteiger partial charge on any atom is 0.264 e. The lowest BCUT2D eigenvalue weighted by Crippen LogP contribution is -2.46. The first-order valence-electron chi connectivity index (χ1n) is 7.85. The third kappa shape index (κ3) is 3.26. The van der Waals surface area contributed by atoms with E-state index in [0.717, 1.165) is 15.6 Å². The van der Waals surface area contributed by atoms with Crippen LogP contribution in [0.15, 0.2) is 48.5 Å². The van der Waals surface area contributed by atoms with Crippen molar-refractivity contribution < 1.29 is 4.79 Å². The van der Waals surface area contributed by atoms with Gasteiger partial charge in [-0.25, -0.2) is 5.43 Å². The Hall–Kier alpha value is -1.63. The molecule has 0 saturated carbocycles. The molecular weight excluding hydrogens is 377 g/mol. The van der Waals surface area contributed by atoms with Crippen LogP contribution < -0.4 is 16.2 Å². The van der Waals surface area contributed by atoms with Gasteiger partial charge in [-0.05, 0) is 23.8 Å². The highest BCUT2D eigenvalue weighted by Gasteiger charge is 2.31. The smallest absolute Gasteiger partial charge is 0.264 e. The Morgan fingerprint density at radius 1 is 1.16 bits per heavy atom. The van der Waals surface area contributed by atoms with Gasteiger partial charge in [-0.15, -0.1) is 11.3 Å². The lowest BCUT2D eigenvalue weighted by atomic mass is 9.97. The van der Waals surface area contributed by atoms with Gasteiger partial charge in [-0.1, -0.05) is 53.5 Å². The van der Waals surface area contributed by atoms with Crippen molar-refractivity contribution in [2.45, 2.75) is 12.1 Å². The van der Waals surface area contributed by atoms with Crippen molar-refractivity contribution in [2.75, 3.05) is 6.54 Å². The van der Waals surface area contributed by atoms with E-state index >= 15 is 0 Å². The van der Waals surface area contributed by atoms with Gasteiger partial charge >= 0.3 is 0 Å². The van der Waals surface area contributed by atoms with Crippen molar-refractivity contribution in [3.05, 3.63) is 69.0 Å². The molecule has 1 saturated heterocycles. The van der Waals surface area contributed by atoms with Crippen LogP contribution in [0.3, 0.4) is 0 Å². The highest BCUT2D eigenvalue weighted by Crippen LogP contribution is 2.35. The number of hydrazine groups is 1. The first kappa shape index (κ1) is 16.8. The Labute approximate surface area is 159 Å². The largest absolute Gasteiger partial charge is 0.334 e. The zero-order valence-electron chi connectivity index (χ0n) is 13.1. The van der Waals surface area contributed by atoms with Crippen molar-refractivity contribution >= 4 is 50.5 Å². The number of halogens is 2. The van der Waals surface area contributed by atoms with E-state index in [9.17, 15) is 4.79 Å². The van der Waals surface area contributed by atoms with Crippen molar-refractivity contribution in [1.29, 1.82) is 0 Å². The van der Waals surface area contributed by atoms with E-state index in [4.69, 9.17) is 23.2 Å². The predicted octanol–water partition coefficient (Wildman–Crippen LogP) is 4.16. The summed E-state index contributed by atoms with van der Waals surface area (Å²) < 4.78 is 1.00. The topological polar surface area (TPSA) is 53.2 Å². The fraction of sp³-hybridized carbons (Fsp3) is 0.167. The van der Waals surface area contributed by atoms with Gasteiger partial charge in [-0.3, -0.25) is 10.2 Å². The zero-order valence-corrected chi connectivity index (χ0v) is 15.4. The molecule has 128 valence electrons. The Bertz CT molecular complexity index is 943. The molecule has 0 bridgehead atoms. The van der Waals surface area contributed by atoms with Crippen LogP contribution >= 0.6 is 34.5 Å². The first-order valence-corrected chi connectivity index (χ1v) is 9.42. The summed E-state index contributed by atoms with van der Waals surface area (Å²) in [4.78, 5) is 13.3. The molecule has 1 fully saturated rings. The van der Waals surface area contributed by atoms with Crippen LogP contribution in [0.2, 0.25) is 10.0 Å². The molecule has 4 nitrogen and oxygen atoms in total. The first-order chi connectivity index (χ1) is 12.1. The number of nitrogens with one attached hydrogen (secondary N) is 3. The third-order valence-corrected chi connectivity index (χ3v) is 6.20. The van der Waals surface area contributed by atoms with Crippen LogP contribution in [0, 0.1) is 0 Å². The zero-order chi connectivity index (χ0) is 17.4. The fourth-order valence-corrected chi connectivity index (χ4v) is 4.67. The number of amides is 1. The van der Waals surface area contributed by atoms with Crippen molar-refractivity contribution in [1.82, 2.24) is 16.2 Å². The maximum atomic E-state index is 12.8. The normalized spacial score (nSPS) is 20.1. The van der Waals surface area contributed by atoms with E-state index in [-0.39, 0.29) is 18.0 Å². The Morgan fingerprint density at radius 3 is 2.80 bits per heavy atom. The molecule has 2 atom stereocenters. The number of hydrogen-bond acceptors (Lipinski definition) is 4. The van der Waals surface area contributed by atoms with Crippen LogP contribution in [0.25, 0.3) is 10.1 Å². The van der Waals surface area contributed by atoms with Crippen molar-refractivity contribution in [3.63, 3.8) is 0 Å². The average molecular weight is 392 g/mol. The number of hydrogen-bond donors (Lipinski definition) is 3. The summed E-state index contributed by atoms with van der Waals surface area (Å²) in [5.74, 6) is -0.102. The Morgan fingerprint density at radius 2 is 2.00 bits per heavy atom. The van der Waals surface area contributed by atoms with Gasteiger partial charge in [0.1, 0.15) is 11.0 Å². The van der Waals surface area contributed by atoms with E-state index < -0.39 is 0 Å². The summed E-state index contributed by atoms with van der Waals surface area (Å²) in [5, 5.41) is 5.13. The number of carbonyl (C=O) groups excluding carboxylic acids is 1. The predicted molar refractivity (Wildman–Crippen MR) is 103 cm³/mol. The Balaban J connectivity index is 1.58. The lowest BCUT2D eigenvalue weighted by molar-refractivity contribution is 0.0933. The summed E-state index contributed by atoms with van der Waals surface area (Å²) in [6, 6.07) is 15.4. The van der Waals surface area contributed by atoms with Gasteiger partial charge in [0.15, 0.2) is 0 Å². The molecule has 0 spiro atoms. The second kappa shape index (κ2) is 6.94. The molecule has 1 aliphatic rings. The number of carbonyl (C=O) groups is 1. The van der Waals surface area contributed by atoms with E-state index in [0.29, 0.717) is 21.5 Å². The molecule has 25 heavy (non-hydrogen) atoms. The minimum absolute atomic E-state index is 0.0794. The monoisotopic (exact) mass is 391 g/mol. The molecular formula is C18H15Cl2N3OS. The minimum atomic E-state index is -0.243. The van der Waals surface area contributed by atoms with Gasteiger partial charge in [0, 0.05) is 27.6 Å². The highest BCUT2D eigenvalue weighted by atomic mass is 35.5. The standard InChI is InChI=1S/C18H15Cl2N3OS/c19-11-5-3-4-10(8-11)13-9-21-23-17(13)22-18(24)16-15(20)12-6-1-2-7-14(12)25-16/h1-8,13,17,21,23H,9H2,(H,22,24). The average Bonchev–Trinajstić information content (AvgIpc) is 3.20. The maximum absolute atomic E-state index is 12.8. The number of fused-ring (bicyclic) bond motifs is 1. The van der Waals surface area contributed by atoms with Gasteiger partial charge in [0.25, 0.3) is 5.91 Å². The second-order valence-electron chi connectivity index (χ2n) is 5.88. The van der Waals surface area contributed by atoms with E-state index in [1.54, 1.807) is 0 Å². The number of rotatable bonds is 3. The van der Waals surface area contributed by atoms with Crippen LogP contribution in [0.5, 0.6) is 0 Å². The van der Waals surface area contributed by atoms with E-state index in [1.807, 2.05) is 48.5 Å². The van der Waals surface area contributed by atoms with Crippen LogP contribution in [-0.4, -0.2) is 18.6 Å². The summed E-state index contributed by atoms with van der Waals surface area (Å²) in [5.41, 5.74) is 7.28. The molecule has 3 aromatic rings. The molecule has 1 amide bonds. The fourth-order valence-electron chi connectivity index (χ4n) is 3.05. The molecule has 0 radical (unpaired) electrons. The third-order valence-electron chi connectivity index (χ3n) is 4.29. The van der Waals surface area contributed by atoms with Gasteiger partial charge < -0.3 is 5.32 Å². The molecule has 2 heterocycles. The molecule has 1 aliphatic heterocycles. The molecule has 2 unspecified atom stereocenters. The van der Waals surface area contributed by atoms with Crippen LogP contribution in [0.4, 0.5) is 0 Å². The molecule has 3 N–H and O–H groups in total. The molecule has 1 aromatic heterocycles. The molecule has 4 rings (SSSR count). The Kier molecular flexibility index (Phi) is 4.67. The summed E-state index contributed by atoms with van der Waals surface area (Å²) in [7, 11) is 0. The van der Waals surface area contributed by atoms with E-state index in [2.05, 4.69) is 16.2 Å². The molecule has 7 heteroatoms. The van der Waals surface area contributed by atoms with Gasteiger partial charge in [-0.2, -0.15) is 0 Å². The second-order valence-corrected chi connectivity index (χ2v) is 7.75. The van der Waals surface area contributed by atoms with Crippen molar-refractivity contribution in [2.24, 2.45) is 0 Å². The van der Waals surface area contributed by atoms with Crippen LogP contribution in [0.1, 0.15) is 21.2 Å². The minimum Gasteiger partial charge on any atom is -0.334 e. The van der Waals surface area contributed by atoms with E-state index in [1.165, 1.54) is 11.3 Å². The number of benzene rings is 2. The lowest BCUT2D eigenvalue weighted by Gasteiger charge is -2.20. The van der Waals surface area contributed by atoms with Crippen molar-refractivity contribution in [3.8, 4) is 0 Å². The SMILES string of the molecule is O=C(NC1NNCC1c1cccc(Cl)c1)c1sc2ccccc2c1Cl. The molecule has 2 aromatic carbocycles. The number of thiophene rings is 1.